The van der Waals surface area contributed by atoms with Crippen LogP contribution in [0.15, 0.2) is 24.3 Å². The molecule has 0 aromatic heterocycles. The fourth-order valence-corrected chi connectivity index (χ4v) is 2.62. The van der Waals surface area contributed by atoms with E-state index in [0.717, 1.165) is 25.7 Å². The van der Waals surface area contributed by atoms with E-state index in [1.807, 2.05) is 6.92 Å². The van der Waals surface area contributed by atoms with Crippen molar-refractivity contribution in [3.05, 3.63) is 35.4 Å². The van der Waals surface area contributed by atoms with E-state index in [2.05, 4.69) is 29.6 Å². The lowest BCUT2D eigenvalue weighted by Gasteiger charge is -2.28. The van der Waals surface area contributed by atoms with Crippen molar-refractivity contribution >= 4 is 5.97 Å². The Kier molecular flexibility index (Phi) is 4.37. The summed E-state index contributed by atoms with van der Waals surface area (Å²) in [5, 5.41) is 3.42. The van der Waals surface area contributed by atoms with Crippen LogP contribution >= 0.6 is 0 Å². The van der Waals surface area contributed by atoms with Crippen LogP contribution in [-0.4, -0.2) is 25.2 Å². The first-order valence-electron chi connectivity index (χ1n) is 6.65. The van der Waals surface area contributed by atoms with Crippen molar-refractivity contribution in [1.29, 1.82) is 0 Å². The second-order valence-electron chi connectivity index (χ2n) is 4.86. The van der Waals surface area contributed by atoms with Gasteiger partial charge in [0.1, 0.15) is 6.04 Å². The molecule has 2 unspecified atom stereocenters. The topological polar surface area (TPSA) is 38.3 Å². The number of hydrogen-bond donors (Lipinski definition) is 1. The molecule has 18 heavy (non-hydrogen) atoms. The maximum absolute atomic E-state index is 11.6. The summed E-state index contributed by atoms with van der Waals surface area (Å²) in [6.07, 6.45) is 3.95. The monoisotopic (exact) mass is 247 g/mol. The Morgan fingerprint density at radius 1 is 1.44 bits per heavy atom. The number of carbonyl (C=O) groups excluding carboxylic acids is 1. The fraction of sp³-hybridized carbons (Fsp3) is 0.533. The molecule has 0 amide bonds. The highest BCUT2D eigenvalue weighted by molar-refractivity contribution is 5.75. The molecule has 2 rings (SSSR count). The Morgan fingerprint density at radius 2 is 2.17 bits per heavy atom. The van der Waals surface area contributed by atoms with Crippen molar-refractivity contribution in [3.63, 3.8) is 0 Å². The maximum atomic E-state index is 11.6. The largest absolute Gasteiger partial charge is 0.468 e. The number of hydrogen-bond acceptors (Lipinski definition) is 3. The van der Waals surface area contributed by atoms with E-state index in [4.69, 9.17) is 4.74 Å². The first-order valence-corrected chi connectivity index (χ1v) is 6.65. The standard InChI is InChI=1S/C15H21NO2/c1-3-14(15(17)18-2)16-13-9-8-11-6-4-5-7-12(11)10-13/h4-7,13-14,16H,3,8-10H2,1-2H3. The summed E-state index contributed by atoms with van der Waals surface area (Å²) in [5.41, 5.74) is 2.85. The number of carbonyl (C=O) groups is 1. The Labute approximate surface area is 109 Å². The van der Waals surface area contributed by atoms with Crippen molar-refractivity contribution < 1.29 is 9.53 Å². The van der Waals surface area contributed by atoms with Crippen molar-refractivity contribution in [3.8, 4) is 0 Å². The van der Waals surface area contributed by atoms with Crippen molar-refractivity contribution in [2.45, 2.75) is 44.7 Å². The van der Waals surface area contributed by atoms with Gasteiger partial charge in [0.2, 0.25) is 0 Å². The van der Waals surface area contributed by atoms with E-state index in [1.165, 1.54) is 18.2 Å². The number of ether oxygens (including phenoxy) is 1. The average Bonchev–Trinajstić information content (AvgIpc) is 2.43. The minimum atomic E-state index is -0.176. The van der Waals surface area contributed by atoms with Gasteiger partial charge < -0.3 is 10.1 Å². The van der Waals surface area contributed by atoms with Gasteiger partial charge in [-0.15, -0.1) is 0 Å². The van der Waals surface area contributed by atoms with E-state index >= 15 is 0 Å². The molecule has 0 aliphatic heterocycles. The molecule has 2 atom stereocenters. The van der Waals surface area contributed by atoms with Crippen LogP contribution in [0.4, 0.5) is 0 Å². The Balaban J connectivity index is 1.98. The molecule has 0 fully saturated rings. The van der Waals surface area contributed by atoms with E-state index in [1.54, 1.807) is 0 Å². The first-order chi connectivity index (χ1) is 8.74. The Bertz CT molecular complexity index is 417. The van der Waals surface area contributed by atoms with Gasteiger partial charge in [-0.1, -0.05) is 31.2 Å². The van der Waals surface area contributed by atoms with Crippen LogP contribution in [0.1, 0.15) is 30.9 Å². The third-order valence-electron chi connectivity index (χ3n) is 3.68. The van der Waals surface area contributed by atoms with Crippen LogP contribution in [-0.2, 0) is 22.4 Å². The molecule has 3 nitrogen and oxygen atoms in total. The van der Waals surface area contributed by atoms with Crippen molar-refractivity contribution in [2.24, 2.45) is 0 Å². The second-order valence-corrected chi connectivity index (χ2v) is 4.86. The second kappa shape index (κ2) is 6.01. The van der Waals surface area contributed by atoms with Gasteiger partial charge in [0.25, 0.3) is 0 Å². The summed E-state index contributed by atoms with van der Waals surface area (Å²) in [4.78, 5) is 11.6. The van der Waals surface area contributed by atoms with E-state index in [0.29, 0.717) is 6.04 Å². The molecule has 1 aromatic rings. The SMILES string of the molecule is CCC(NC1CCc2ccccc2C1)C(=O)OC. The molecule has 0 bridgehead atoms. The highest BCUT2D eigenvalue weighted by Crippen LogP contribution is 2.21. The molecule has 1 aliphatic carbocycles. The third kappa shape index (κ3) is 2.91. The van der Waals surface area contributed by atoms with Gasteiger partial charge in [-0.2, -0.15) is 0 Å². The lowest BCUT2D eigenvalue weighted by molar-refractivity contribution is -0.143. The molecule has 0 saturated carbocycles. The van der Waals surface area contributed by atoms with Crippen molar-refractivity contribution in [2.75, 3.05) is 7.11 Å². The molecule has 1 aliphatic rings. The number of methoxy groups -OCH3 is 1. The lowest BCUT2D eigenvalue weighted by atomic mass is 9.88. The quantitative estimate of drug-likeness (QED) is 0.828. The number of aryl methyl sites for hydroxylation is 1. The average molecular weight is 247 g/mol. The number of esters is 1. The molecule has 98 valence electrons. The zero-order valence-corrected chi connectivity index (χ0v) is 11.1. The summed E-state index contributed by atoms with van der Waals surface area (Å²) >= 11 is 0. The van der Waals surface area contributed by atoms with Crippen LogP contribution in [0.2, 0.25) is 0 Å². The van der Waals surface area contributed by atoms with Gasteiger partial charge in [0, 0.05) is 6.04 Å². The molecule has 1 N–H and O–H groups in total. The summed E-state index contributed by atoms with van der Waals surface area (Å²) in [6.45, 7) is 2.01. The third-order valence-corrected chi connectivity index (χ3v) is 3.68. The first kappa shape index (κ1) is 13.1. The number of fused-ring (bicyclic) bond motifs is 1. The summed E-state index contributed by atoms with van der Waals surface area (Å²) < 4.78 is 4.81. The molecule has 0 spiro atoms. The smallest absolute Gasteiger partial charge is 0.322 e. The molecule has 3 heteroatoms. The van der Waals surface area contributed by atoms with Gasteiger partial charge in [0.15, 0.2) is 0 Å². The van der Waals surface area contributed by atoms with Gasteiger partial charge in [-0.25, -0.2) is 0 Å². The number of rotatable bonds is 4. The summed E-state index contributed by atoms with van der Waals surface area (Å²) in [7, 11) is 1.45. The zero-order valence-electron chi connectivity index (χ0n) is 11.1. The maximum Gasteiger partial charge on any atom is 0.322 e. The van der Waals surface area contributed by atoms with E-state index in [9.17, 15) is 4.79 Å². The fourth-order valence-electron chi connectivity index (χ4n) is 2.62. The molecule has 0 radical (unpaired) electrons. The minimum Gasteiger partial charge on any atom is -0.468 e. The van der Waals surface area contributed by atoms with Gasteiger partial charge in [-0.05, 0) is 36.8 Å². The normalized spacial score (nSPS) is 20.0. The molecule has 0 saturated heterocycles. The summed E-state index contributed by atoms with van der Waals surface area (Å²) in [5.74, 6) is -0.156. The molecular formula is C15H21NO2. The Hall–Kier alpha value is -1.35. The van der Waals surface area contributed by atoms with Crippen LogP contribution in [0, 0.1) is 0 Å². The van der Waals surface area contributed by atoms with Crippen molar-refractivity contribution in [1.82, 2.24) is 5.32 Å². The predicted molar refractivity (Wildman–Crippen MR) is 71.5 cm³/mol. The van der Waals surface area contributed by atoms with Crippen LogP contribution in [0.5, 0.6) is 0 Å². The highest BCUT2D eigenvalue weighted by atomic mass is 16.5. The zero-order chi connectivity index (χ0) is 13.0. The van der Waals surface area contributed by atoms with Crippen LogP contribution < -0.4 is 5.32 Å². The molecule has 0 heterocycles. The van der Waals surface area contributed by atoms with E-state index < -0.39 is 0 Å². The molecule has 1 aromatic carbocycles. The predicted octanol–water partition coefficient (Wildman–Crippen LogP) is 2.09. The van der Waals surface area contributed by atoms with E-state index in [-0.39, 0.29) is 12.0 Å². The number of nitrogens with one attached hydrogen (secondary N) is 1. The highest BCUT2D eigenvalue weighted by Gasteiger charge is 2.24. The Morgan fingerprint density at radius 3 is 2.83 bits per heavy atom. The summed E-state index contributed by atoms with van der Waals surface area (Å²) in [6, 6.07) is 8.76. The lowest BCUT2D eigenvalue weighted by Crippen LogP contribution is -2.45. The minimum absolute atomic E-state index is 0.156. The molecular weight excluding hydrogens is 226 g/mol. The van der Waals surface area contributed by atoms with Crippen LogP contribution in [0.25, 0.3) is 0 Å². The van der Waals surface area contributed by atoms with Gasteiger partial charge in [-0.3, -0.25) is 4.79 Å². The van der Waals surface area contributed by atoms with Crippen LogP contribution in [0.3, 0.4) is 0 Å². The van der Waals surface area contributed by atoms with Gasteiger partial charge in [0.05, 0.1) is 7.11 Å². The number of benzene rings is 1. The van der Waals surface area contributed by atoms with Gasteiger partial charge >= 0.3 is 5.97 Å².